The Hall–Kier alpha value is -2.47. The van der Waals surface area contributed by atoms with Gasteiger partial charge in [-0.2, -0.15) is 5.10 Å². The fraction of sp³-hybridized carbons (Fsp3) is 0.353. The molecule has 1 aliphatic rings. The van der Waals surface area contributed by atoms with Crippen LogP contribution in [0.2, 0.25) is 0 Å². The van der Waals surface area contributed by atoms with Crippen LogP contribution in [0.15, 0.2) is 49.1 Å². The van der Waals surface area contributed by atoms with E-state index in [4.69, 9.17) is 0 Å². The van der Waals surface area contributed by atoms with Gasteiger partial charge in [-0.25, -0.2) is 9.50 Å². The molecule has 4 heterocycles. The Kier molecular flexibility index (Phi) is 3.90. The molecule has 0 bridgehead atoms. The second-order valence-corrected chi connectivity index (χ2v) is 5.94. The minimum absolute atomic E-state index is 0.454. The highest BCUT2D eigenvalue weighted by Crippen LogP contribution is 2.17. The molecule has 1 N–H and O–H groups in total. The molecular weight excluding hydrogens is 288 g/mol. The molecule has 1 atom stereocenters. The number of fused-ring (bicyclic) bond motifs is 1. The summed E-state index contributed by atoms with van der Waals surface area (Å²) in [6.07, 6.45) is 9.64. The van der Waals surface area contributed by atoms with E-state index in [1.165, 1.54) is 12.8 Å². The largest absolute Gasteiger partial charge is 0.354 e. The first-order chi connectivity index (χ1) is 11.4. The van der Waals surface area contributed by atoms with Gasteiger partial charge in [0.05, 0.1) is 17.4 Å². The standard InChI is InChI=1S/C17H20N6/c1-2-9-23-16(5-1)10-15(21-23)11-20-14-4-3-8-22(13-14)17-12-18-6-7-19-17/h1-2,5-7,9-10,12,14,20H,3-4,8,11,13H2. The van der Waals surface area contributed by atoms with Crippen molar-refractivity contribution in [2.75, 3.05) is 18.0 Å². The average molecular weight is 308 g/mol. The maximum atomic E-state index is 4.59. The maximum absolute atomic E-state index is 4.59. The molecule has 118 valence electrons. The Bertz CT molecular complexity index is 736. The molecule has 1 aliphatic heterocycles. The zero-order chi connectivity index (χ0) is 15.5. The Balaban J connectivity index is 1.38. The summed E-state index contributed by atoms with van der Waals surface area (Å²) in [5, 5.41) is 8.23. The highest BCUT2D eigenvalue weighted by atomic mass is 15.2. The van der Waals surface area contributed by atoms with Gasteiger partial charge in [0.25, 0.3) is 0 Å². The minimum atomic E-state index is 0.454. The van der Waals surface area contributed by atoms with Crippen molar-refractivity contribution in [3.05, 3.63) is 54.7 Å². The molecule has 0 aromatic carbocycles. The lowest BCUT2D eigenvalue weighted by molar-refractivity contribution is 0.417. The SMILES string of the molecule is c1ccn2nc(CNC3CCCN(c4cnccn4)C3)cc2c1. The van der Waals surface area contributed by atoms with Gasteiger partial charge in [-0.3, -0.25) is 4.98 Å². The van der Waals surface area contributed by atoms with Crippen molar-refractivity contribution >= 4 is 11.3 Å². The number of pyridine rings is 1. The number of hydrogen-bond donors (Lipinski definition) is 1. The summed E-state index contributed by atoms with van der Waals surface area (Å²) in [4.78, 5) is 10.9. The summed E-state index contributed by atoms with van der Waals surface area (Å²) in [7, 11) is 0. The van der Waals surface area contributed by atoms with Crippen molar-refractivity contribution in [2.45, 2.75) is 25.4 Å². The van der Waals surface area contributed by atoms with Crippen LogP contribution >= 0.6 is 0 Å². The van der Waals surface area contributed by atoms with Gasteiger partial charge in [0.2, 0.25) is 0 Å². The Labute approximate surface area is 135 Å². The number of hydrogen-bond acceptors (Lipinski definition) is 5. The Morgan fingerprint density at radius 2 is 2.26 bits per heavy atom. The van der Waals surface area contributed by atoms with Crippen molar-refractivity contribution in [3.8, 4) is 0 Å². The van der Waals surface area contributed by atoms with Crippen LogP contribution in [-0.4, -0.2) is 38.7 Å². The van der Waals surface area contributed by atoms with Gasteiger partial charge >= 0.3 is 0 Å². The van der Waals surface area contributed by atoms with Crippen LogP contribution in [0.1, 0.15) is 18.5 Å². The number of anilines is 1. The van der Waals surface area contributed by atoms with Crippen LogP contribution in [0.4, 0.5) is 5.82 Å². The number of nitrogens with one attached hydrogen (secondary N) is 1. The summed E-state index contributed by atoms with van der Waals surface area (Å²) in [6.45, 7) is 2.80. The third-order valence-corrected chi connectivity index (χ3v) is 4.29. The third-order valence-electron chi connectivity index (χ3n) is 4.29. The normalized spacial score (nSPS) is 18.4. The first-order valence-electron chi connectivity index (χ1n) is 8.06. The van der Waals surface area contributed by atoms with Gasteiger partial charge in [0.15, 0.2) is 0 Å². The van der Waals surface area contributed by atoms with Crippen LogP contribution in [0.5, 0.6) is 0 Å². The maximum Gasteiger partial charge on any atom is 0.147 e. The first kappa shape index (κ1) is 14.1. The third kappa shape index (κ3) is 3.17. The highest BCUT2D eigenvalue weighted by Gasteiger charge is 2.20. The molecule has 1 fully saturated rings. The van der Waals surface area contributed by atoms with Gasteiger partial charge in [0, 0.05) is 44.3 Å². The van der Waals surface area contributed by atoms with E-state index in [9.17, 15) is 0 Å². The molecule has 0 aliphatic carbocycles. The van der Waals surface area contributed by atoms with E-state index in [1.807, 2.05) is 29.0 Å². The lowest BCUT2D eigenvalue weighted by Gasteiger charge is -2.33. The van der Waals surface area contributed by atoms with E-state index in [0.717, 1.165) is 36.7 Å². The molecule has 0 radical (unpaired) electrons. The number of rotatable bonds is 4. The van der Waals surface area contributed by atoms with E-state index in [0.29, 0.717) is 6.04 Å². The molecule has 0 amide bonds. The predicted molar refractivity (Wildman–Crippen MR) is 89.3 cm³/mol. The molecule has 3 aromatic rings. The van der Waals surface area contributed by atoms with Crippen molar-refractivity contribution in [1.29, 1.82) is 0 Å². The van der Waals surface area contributed by atoms with E-state index in [1.54, 1.807) is 12.4 Å². The zero-order valence-electron chi connectivity index (χ0n) is 13.0. The topological polar surface area (TPSA) is 58.4 Å². The molecule has 1 saturated heterocycles. The molecule has 3 aromatic heterocycles. The summed E-state index contributed by atoms with van der Waals surface area (Å²) in [5.41, 5.74) is 2.21. The van der Waals surface area contributed by atoms with Gasteiger partial charge in [-0.05, 0) is 31.0 Å². The van der Waals surface area contributed by atoms with Gasteiger partial charge in [0.1, 0.15) is 5.82 Å². The Morgan fingerprint density at radius 1 is 1.26 bits per heavy atom. The second kappa shape index (κ2) is 6.34. The summed E-state index contributed by atoms with van der Waals surface area (Å²) < 4.78 is 1.92. The number of aromatic nitrogens is 4. The molecule has 23 heavy (non-hydrogen) atoms. The van der Waals surface area contributed by atoms with Crippen LogP contribution in [0, 0.1) is 0 Å². The summed E-state index contributed by atoms with van der Waals surface area (Å²) in [5.74, 6) is 0.965. The van der Waals surface area contributed by atoms with Crippen molar-refractivity contribution in [1.82, 2.24) is 24.9 Å². The molecular formula is C17H20N6. The van der Waals surface area contributed by atoms with E-state index < -0.39 is 0 Å². The van der Waals surface area contributed by atoms with Crippen LogP contribution in [-0.2, 0) is 6.54 Å². The average Bonchev–Trinajstić information content (AvgIpc) is 3.04. The molecule has 1 unspecified atom stereocenters. The lowest BCUT2D eigenvalue weighted by Crippen LogP contribution is -2.45. The van der Waals surface area contributed by atoms with Crippen molar-refractivity contribution in [3.63, 3.8) is 0 Å². The molecule has 4 rings (SSSR count). The zero-order valence-corrected chi connectivity index (χ0v) is 13.0. The molecule has 6 nitrogen and oxygen atoms in total. The van der Waals surface area contributed by atoms with Crippen molar-refractivity contribution < 1.29 is 0 Å². The second-order valence-electron chi connectivity index (χ2n) is 5.94. The smallest absolute Gasteiger partial charge is 0.147 e. The number of piperidine rings is 1. The van der Waals surface area contributed by atoms with Crippen LogP contribution in [0.25, 0.3) is 5.52 Å². The molecule has 0 spiro atoms. The summed E-state index contributed by atoms with van der Waals surface area (Å²) >= 11 is 0. The first-order valence-corrected chi connectivity index (χ1v) is 8.06. The van der Waals surface area contributed by atoms with Crippen LogP contribution in [0.3, 0.4) is 0 Å². The highest BCUT2D eigenvalue weighted by molar-refractivity contribution is 5.46. The fourth-order valence-corrected chi connectivity index (χ4v) is 3.13. The lowest BCUT2D eigenvalue weighted by atomic mass is 10.1. The van der Waals surface area contributed by atoms with Gasteiger partial charge in [-0.15, -0.1) is 0 Å². The van der Waals surface area contributed by atoms with E-state index in [-0.39, 0.29) is 0 Å². The molecule has 0 saturated carbocycles. The quantitative estimate of drug-likeness (QED) is 0.797. The van der Waals surface area contributed by atoms with Gasteiger partial charge in [-0.1, -0.05) is 6.07 Å². The van der Waals surface area contributed by atoms with Crippen molar-refractivity contribution in [2.24, 2.45) is 0 Å². The molecule has 6 heteroatoms. The Morgan fingerprint density at radius 3 is 3.13 bits per heavy atom. The predicted octanol–water partition coefficient (Wildman–Crippen LogP) is 1.88. The number of nitrogens with zero attached hydrogens (tertiary/aromatic N) is 5. The fourth-order valence-electron chi connectivity index (χ4n) is 3.13. The van der Waals surface area contributed by atoms with E-state index >= 15 is 0 Å². The monoisotopic (exact) mass is 308 g/mol. The minimum Gasteiger partial charge on any atom is -0.354 e. The van der Waals surface area contributed by atoms with Crippen LogP contribution < -0.4 is 10.2 Å². The van der Waals surface area contributed by atoms with E-state index in [2.05, 4.69) is 37.4 Å². The van der Waals surface area contributed by atoms with Gasteiger partial charge < -0.3 is 10.2 Å². The summed E-state index contributed by atoms with van der Waals surface area (Å²) in [6, 6.07) is 8.70.